The minimum absolute atomic E-state index is 0.122. The largest absolute Gasteiger partial charge is 0.497 e. The highest BCUT2D eigenvalue weighted by atomic mass is 32.1. The van der Waals surface area contributed by atoms with Crippen LogP contribution in [-0.4, -0.2) is 24.3 Å². The van der Waals surface area contributed by atoms with Crippen molar-refractivity contribution in [1.29, 1.82) is 0 Å². The Morgan fingerprint density at radius 1 is 1.00 bits per heavy atom. The number of hydrogen-bond donors (Lipinski definition) is 0. The number of nitrogens with zero attached hydrogens (tertiary/aromatic N) is 2. The van der Waals surface area contributed by atoms with Gasteiger partial charge in [-0.3, -0.25) is 9.36 Å². The van der Waals surface area contributed by atoms with Crippen LogP contribution < -0.4 is 19.6 Å². The molecule has 0 saturated heterocycles. The summed E-state index contributed by atoms with van der Waals surface area (Å²) in [6, 6.07) is 23.3. The lowest BCUT2D eigenvalue weighted by Gasteiger charge is -2.26. The first-order valence-electron chi connectivity index (χ1n) is 13.9. The van der Waals surface area contributed by atoms with Gasteiger partial charge < -0.3 is 13.9 Å². The van der Waals surface area contributed by atoms with E-state index in [9.17, 15) is 22.8 Å². The van der Waals surface area contributed by atoms with E-state index < -0.39 is 29.3 Å². The number of ether oxygens (including phenoxy) is 2. The van der Waals surface area contributed by atoms with Crippen LogP contribution in [0.4, 0.5) is 13.2 Å². The van der Waals surface area contributed by atoms with Crippen LogP contribution in [0.15, 0.2) is 111 Å². The number of aromatic nitrogens is 1. The molecule has 0 N–H and O–H groups in total. The Morgan fingerprint density at radius 2 is 1.73 bits per heavy atom. The molecule has 7 nitrogen and oxygen atoms in total. The molecule has 0 unspecified atom stereocenters. The van der Waals surface area contributed by atoms with E-state index in [1.165, 1.54) is 22.8 Å². The fourth-order valence-corrected chi connectivity index (χ4v) is 6.09. The predicted octanol–water partition coefficient (Wildman–Crippen LogP) is 6.22. The summed E-state index contributed by atoms with van der Waals surface area (Å²) in [5.41, 5.74) is 0.927. The van der Waals surface area contributed by atoms with Crippen LogP contribution >= 0.6 is 11.3 Å². The molecule has 2 aromatic heterocycles. The highest BCUT2D eigenvalue weighted by molar-refractivity contribution is 7.07. The second-order valence-electron chi connectivity index (χ2n) is 9.99. The molecule has 11 heteroatoms. The summed E-state index contributed by atoms with van der Waals surface area (Å²) in [5, 5.41) is 0. The van der Waals surface area contributed by atoms with Gasteiger partial charge in [-0.2, -0.15) is 13.2 Å². The quantitative estimate of drug-likeness (QED) is 0.200. The summed E-state index contributed by atoms with van der Waals surface area (Å²) >= 11 is 1.11. The number of alkyl halides is 3. The zero-order valence-electron chi connectivity index (χ0n) is 24.0. The van der Waals surface area contributed by atoms with E-state index in [4.69, 9.17) is 18.9 Å². The third-order valence-corrected chi connectivity index (χ3v) is 8.16. The van der Waals surface area contributed by atoms with Crippen LogP contribution in [-0.2, 0) is 15.7 Å². The van der Waals surface area contributed by atoms with Gasteiger partial charge >= 0.3 is 12.1 Å². The van der Waals surface area contributed by atoms with Gasteiger partial charge in [-0.15, -0.1) is 0 Å². The second-order valence-corrected chi connectivity index (χ2v) is 11.0. The predicted molar refractivity (Wildman–Crippen MR) is 163 cm³/mol. The summed E-state index contributed by atoms with van der Waals surface area (Å²) < 4.78 is 58.1. The lowest BCUT2D eigenvalue weighted by atomic mass is 9.93. The van der Waals surface area contributed by atoms with Gasteiger partial charge in [0.1, 0.15) is 17.3 Å². The molecule has 0 spiro atoms. The molecule has 0 saturated carbocycles. The average Bonchev–Trinajstić information content (AvgIpc) is 3.64. The normalized spacial score (nSPS) is 15.0. The zero-order valence-corrected chi connectivity index (χ0v) is 24.8. The Morgan fingerprint density at radius 3 is 2.42 bits per heavy atom. The van der Waals surface area contributed by atoms with Crippen LogP contribution in [0.3, 0.4) is 0 Å². The van der Waals surface area contributed by atoms with Gasteiger partial charge in [-0.25, -0.2) is 9.79 Å². The third-order valence-electron chi connectivity index (χ3n) is 7.18. The van der Waals surface area contributed by atoms with E-state index in [1.54, 1.807) is 50.4 Å². The summed E-state index contributed by atoms with van der Waals surface area (Å²) in [7, 11) is 1.54. The van der Waals surface area contributed by atoms with Crippen molar-refractivity contribution in [3.8, 4) is 17.1 Å². The monoisotopic (exact) mass is 630 g/mol. The number of hydrogen-bond acceptors (Lipinski definition) is 7. The second kappa shape index (κ2) is 12.1. The molecule has 1 atom stereocenters. The van der Waals surface area contributed by atoms with Crippen LogP contribution in [0.5, 0.6) is 5.75 Å². The standard InChI is InChI=1S/C34H25F3N2O5S/c1-3-43-32(41)28-29(20-8-5-4-6-9-20)38-33-39(30(28)21-12-14-24(42-2)15-13-21)31(40)27(45-33)19-25-16-17-26(44-25)22-10-7-11-23(18-22)34(35,36)37/h4-19,30H,3H2,1-2H3/b27-19-/t30-/m0/s1. The first kappa shape index (κ1) is 29.9. The molecule has 5 aromatic rings. The van der Waals surface area contributed by atoms with Gasteiger partial charge in [0.2, 0.25) is 0 Å². The number of esters is 1. The number of fused-ring (bicyclic) bond motifs is 1. The Hall–Kier alpha value is -5.16. The molecule has 3 aromatic carbocycles. The van der Waals surface area contributed by atoms with E-state index >= 15 is 0 Å². The van der Waals surface area contributed by atoms with Gasteiger partial charge in [0.15, 0.2) is 4.80 Å². The minimum atomic E-state index is -4.50. The molecule has 0 amide bonds. The fourth-order valence-electron chi connectivity index (χ4n) is 5.11. The summed E-state index contributed by atoms with van der Waals surface area (Å²) in [4.78, 5) is 32.8. The molecular weight excluding hydrogens is 605 g/mol. The van der Waals surface area contributed by atoms with E-state index in [0.29, 0.717) is 27.4 Å². The maximum atomic E-state index is 14.0. The SMILES string of the molecule is CCOC(=O)C1=C(c2ccccc2)N=c2s/c(=C\c3ccc(-c4cccc(C(F)(F)F)c4)o3)c(=O)n2[C@H]1c1ccc(OC)cc1. The van der Waals surface area contributed by atoms with Gasteiger partial charge in [0, 0.05) is 17.2 Å². The highest BCUT2D eigenvalue weighted by Crippen LogP contribution is 2.36. The highest BCUT2D eigenvalue weighted by Gasteiger charge is 2.35. The number of benzene rings is 3. The summed E-state index contributed by atoms with van der Waals surface area (Å²) in [6.45, 7) is 1.83. The van der Waals surface area contributed by atoms with Crippen molar-refractivity contribution in [2.45, 2.75) is 19.1 Å². The van der Waals surface area contributed by atoms with Crippen LogP contribution in [0.1, 0.15) is 35.4 Å². The number of methoxy groups -OCH3 is 1. The van der Waals surface area contributed by atoms with Gasteiger partial charge in [-0.1, -0.05) is 65.9 Å². The Balaban J connectivity index is 1.52. The third kappa shape index (κ3) is 5.86. The van der Waals surface area contributed by atoms with E-state index in [-0.39, 0.29) is 33.8 Å². The minimum Gasteiger partial charge on any atom is -0.497 e. The Bertz CT molecular complexity index is 2090. The Labute approximate surface area is 258 Å². The van der Waals surface area contributed by atoms with E-state index in [2.05, 4.69) is 0 Å². The van der Waals surface area contributed by atoms with Gasteiger partial charge in [-0.05, 0) is 48.9 Å². The van der Waals surface area contributed by atoms with Crippen LogP contribution in [0, 0.1) is 0 Å². The topological polar surface area (TPSA) is 83.0 Å². The maximum absolute atomic E-state index is 14.0. The fraction of sp³-hybridized carbons (Fsp3) is 0.147. The molecule has 1 aliphatic heterocycles. The van der Waals surface area contributed by atoms with Crippen LogP contribution in [0.2, 0.25) is 0 Å². The number of halogens is 3. The Kier molecular flexibility index (Phi) is 8.03. The molecule has 228 valence electrons. The number of carbonyl (C=O) groups is 1. The van der Waals surface area contributed by atoms with Crippen molar-refractivity contribution in [2.75, 3.05) is 13.7 Å². The van der Waals surface area contributed by atoms with Crippen molar-refractivity contribution >= 4 is 29.1 Å². The zero-order chi connectivity index (χ0) is 31.7. The van der Waals surface area contributed by atoms with Gasteiger partial charge in [0.25, 0.3) is 5.56 Å². The number of carbonyl (C=O) groups excluding carboxylic acids is 1. The molecule has 3 heterocycles. The van der Waals surface area contributed by atoms with Crippen molar-refractivity contribution in [2.24, 2.45) is 4.99 Å². The molecule has 45 heavy (non-hydrogen) atoms. The van der Waals surface area contributed by atoms with Gasteiger partial charge in [0.05, 0.1) is 41.1 Å². The molecule has 0 aliphatic carbocycles. The first-order chi connectivity index (χ1) is 21.7. The van der Waals surface area contributed by atoms with E-state index in [1.807, 2.05) is 30.3 Å². The van der Waals surface area contributed by atoms with Crippen molar-refractivity contribution < 1.29 is 31.9 Å². The van der Waals surface area contributed by atoms with Crippen LogP contribution in [0.25, 0.3) is 23.1 Å². The average molecular weight is 631 g/mol. The smallest absolute Gasteiger partial charge is 0.416 e. The lowest BCUT2D eigenvalue weighted by Crippen LogP contribution is -2.40. The lowest BCUT2D eigenvalue weighted by molar-refractivity contribution is -0.139. The summed E-state index contributed by atoms with van der Waals surface area (Å²) in [6.07, 6.45) is -2.98. The van der Waals surface area contributed by atoms with E-state index in [0.717, 1.165) is 23.5 Å². The maximum Gasteiger partial charge on any atom is 0.416 e. The molecule has 1 aliphatic rings. The summed E-state index contributed by atoms with van der Waals surface area (Å²) in [5.74, 6) is 0.478. The number of furan rings is 1. The first-order valence-corrected chi connectivity index (χ1v) is 14.7. The molecule has 6 rings (SSSR count). The number of rotatable bonds is 7. The molecular formula is C34H25F3N2O5S. The molecule has 0 bridgehead atoms. The molecule has 0 fully saturated rings. The van der Waals surface area contributed by atoms with Crippen molar-refractivity contribution in [3.05, 3.63) is 139 Å². The number of thiazole rings is 1. The van der Waals surface area contributed by atoms with Crippen molar-refractivity contribution in [3.63, 3.8) is 0 Å². The van der Waals surface area contributed by atoms with Crippen molar-refractivity contribution in [1.82, 2.24) is 4.57 Å². The molecule has 0 radical (unpaired) electrons.